The lowest BCUT2D eigenvalue weighted by atomic mass is 10.0. The SMILES string of the molecule is CCNC(=O)N1CCN(C(=O)[C@@H](N)CC(C)C)CC1. The first-order chi connectivity index (χ1) is 8.95. The first-order valence-corrected chi connectivity index (χ1v) is 7.02. The fourth-order valence-electron chi connectivity index (χ4n) is 2.24. The number of carbonyl (C=O) groups is 2. The Morgan fingerprint density at radius 2 is 1.68 bits per heavy atom. The summed E-state index contributed by atoms with van der Waals surface area (Å²) >= 11 is 0. The van der Waals surface area contributed by atoms with Crippen molar-refractivity contribution in [1.82, 2.24) is 15.1 Å². The zero-order valence-corrected chi connectivity index (χ0v) is 12.2. The van der Waals surface area contributed by atoms with Gasteiger partial charge in [0.2, 0.25) is 5.91 Å². The highest BCUT2D eigenvalue weighted by Crippen LogP contribution is 2.08. The van der Waals surface area contributed by atoms with Crippen molar-refractivity contribution >= 4 is 11.9 Å². The molecule has 110 valence electrons. The summed E-state index contributed by atoms with van der Waals surface area (Å²) in [5.74, 6) is 0.417. The second-order valence-electron chi connectivity index (χ2n) is 5.38. The molecule has 6 heteroatoms. The first-order valence-electron chi connectivity index (χ1n) is 7.02. The summed E-state index contributed by atoms with van der Waals surface area (Å²) in [4.78, 5) is 27.3. The van der Waals surface area contributed by atoms with E-state index in [4.69, 9.17) is 5.73 Å². The van der Waals surface area contributed by atoms with E-state index in [0.29, 0.717) is 45.1 Å². The molecule has 1 saturated heterocycles. The molecule has 6 nitrogen and oxygen atoms in total. The van der Waals surface area contributed by atoms with Gasteiger partial charge in [0.15, 0.2) is 0 Å². The lowest BCUT2D eigenvalue weighted by Gasteiger charge is -2.36. The summed E-state index contributed by atoms with van der Waals surface area (Å²) in [6.45, 7) is 8.92. The minimum atomic E-state index is -0.420. The maximum Gasteiger partial charge on any atom is 0.317 e. The molecule has 0 aliphatic carbocycles. The highest BCUT2D eigenvalue weighted by atomic mass is 16.2. The molecule has 1 atom stereocenters. The van der Waals surface area contributed by atoms with E-state index in [2.05, 4.69) is 19.2 Å². The van der Waals surface area contributed by atoms with Crippen molar-refractivity contribution in [3.8, 4) is 0 Å². The van der Waals surface area contributed by atoms with Gasteiger partial charge in [-0.05, 0) is 19.3 Å². The molecule has 0 aromatic heterocycles. The normalized spacial score (nSPS) is 17.5. The van der Waals surface area contributed by atoms with Gasteiger partial charge >= 0.3 is 6.03 Å². The number of hydrogen-bond acceptors (Lipinski definition) is 3. The molecule has 1 fully saturated rings. The number of rotatable bonds is 4. The standard InChI is InChI=1S/C13H26N4O2/c1-4-15-13(19)17-7-5-16(6-8-17)12(18)11(14)9-10(2)3/h10-11H,4-9,14H2,1-3H3,(H,15,19)/t11-/m0/s1. The fourth-order valence-corrected chi connectivity index (χ4v) is 2.24. The maximum atomic E-state index is 12.1. The van der Waals surface area contributed by atoms with Crippen LogP contribution in [0.25, 0.3) is 0 Å². The number of hydrogen-bond donors (Lipinski definition) is 2. The van der Waals surface area contributed by atoms with Gasteiger partial charge in [0.25, 0.3) is 0 Å². The average molecular weight is 270 g/mol. The van der Waals surface area contributed by atoms with Crippen LogP contribution in [0.5, 0.6) is 0 Å². The number of carbonyl (C=O) groups excluding carboxylic acids is 2. The van der Waals surface area contributed by atoms with Gasteiger partial charge in [-0.25, -0.2) is 4.79 Å². The molecule has 3 amide bonds. The average Bonchev–Trinajstić information content (AvgIpc) is 2.37. The Bertz CT molecular complexity index is 312. The van der Waals surface area contributed by atoms with Gasteiger partial charge in [-0.15, -0.1) is 0 Å². The van der Waals surface area contributed by atoms with Crippen molar-refractivity contribution in [2.45, 2.75) is 33.2 Å². The smallest absolute Gasteiger partial charge is 0.317 e. The highest BCUT2D eigenvalue weighted by molar-refractivity contribution is 5.82. The molecule has 0 spiro atoms. The van der Waals surface area contributed by atoms with Crippen molar-refractivity contribution in [3.63, 3.8) is 0 Å². The number of nitrogens with two attached hydrogens (primary N) is 1. The van der Waals surface area contributed by atoms with E-state index in [0.717, 1.165) is 0 Å². The summed E-state index contributed by atoms with van der Waals surface area (Å²) in [7, 11) is 0. The monoisotopic (exact) mass is 270 g/mol. The van der Waals surface area contributed by atoms with Crippen LogP contribution in [0.15, 0.2) is 0 Å². The minimum Gasteiger partial charge on any atom is -0.338 e. The number of piperazine rings is 1. The summed E-state index contributed by atoms with van der Waals surface area (Å²) < 4.78 is 0. The summed E-state index contributed by atoms with van der Waals surface area (Å²) in [5, 5.41) is 2.77. The largest absolute Gasteiger partial charge is 0.338 e. The van der Waals surface area contributed by atoms with Crippen molar-refractivity contribution in [1.29, 1.82) is 0 Å². The Morgan fingerprint density at radius 3 is 2.16 bits per heavy atom. The predicted molar refractivity (Wildman–Crippen MR) is 74.7 cm³/mol. The van der Waals surface area contributed by atoms with Crippen LogP contribution in [-0.4, -0.2) is 60.5 Å². The summed E-state index contributed by atoms with van der Waals surface area (Å²) in [6.07, 6.45) is 0.704. The van der Waals surface area contributed by atoms with E-state index in [9.17, 15) is 9.59 Å². The van der Waals surface area contributed by atoms with Gasteiger partial charge in [-0.1, -0.05) is 13.8 Å². The van der Waals surface area contributed by atoms with Gasteiger partial charge in [-0.3, -0.25) is 4.79 Å². The molecular formula is C13H26N4O2. The van der Waals surface area contributed by atoms with Gasteiger partial charge in [0.05, 0.1) is 6.04 Å². The summed E-state index contributed by atoms with van der Waals surface area (Å²) in [5.41, 5.74) is 5.91. The number of urea groups is 1. The van der Waals surface area contributed by atoms with Crippen LogP contribution in [0.1, 0.15) is 27.2 Å². The number of amides is 3. The molecule has 0 radical (unpaired) electrons. The lowest BCUT2D eigenvalue weighted by Crippen LogP contribution is -2.56. The van der Waals surface area contributed by atoms with E-state index in [-0.39, 0.29) is 11.9 Å². The molecule has 1 rings (SSSR count). The van der Waals surface area contributed by atoms with E-state index in [1.807, 2.05) is 6.92 Å². The highest BCUT2D eigenvalue weighted by Gasteiger charge is 2.27. The molecule has 3 N–H and O–H groups in total. The van der Waals surface area contributed by atoms with Crippen LogP contribution in [0.3, 0.4) is 0 Å². The summed E-state index contributed by atoms with van der Waals surface area (Å²) in [6, 6.07) is -0.475. The molecule has 1 aliphatic heterocycles. The van der Waals surface area contributed by atoms with Gasteiger partial charge < -0.3 is 20.9 Å². The third kappa shape index (κ3) is 4.70. The molecule has 1 heterocycles. The quantitative estimate of drug-likeness (QED) is 0.768. The molecule has 19 heavy (non-hydrogen) atoms. The minimum absolute atomic E-state index is 0.00393. The van der Waals surface area contributed by atoms with Crippen molar-refractivity contribution in [2.75, 3.05) is 32.7 Å². The topological polar surface area (TPSA) is 78.7 Å². The molecule has 0 unspecified atom stereocenters. The van der Waals surface area contributed by atoms with E-state index in [1.54, 1.807) is 9.80 Å². The fraction of sp³-hybridized carbons (Fsp3) is 0.846. The number of nitrogens with one attached hydrogen (secondary N) is 1. The zero-order valence-electron chi connectivity index (χ0n) is 12.2. The van der Waals surface area contributed by atoms with Crippen molar-refractivity contribution < 1.29 is 9.59 Å². The number of nitrogens with zero attached hydrogens (tertiary/aromatic N) is 2. The second kappa shape index (κ2) is 7.33. The van der Waals surface area contributed by atoms with E-state index >= 15 is 0 Å². The van der Waals surface area contributed by atoms with Gasteiger partial charge in [-0.2, -0.15) is 0 Å². The van der Waals surface area contributed by atoms with Crippen LogP contribution < -0.4 is 11.1 Å². The van der Waals surface area contributed by atoms with E-state index in [1.165, 1.54) is 0 Å². The Labute approximate surface area is 115 Å². The lowest BCUT2D eigenvalue weighted by molar-refractivity contribution is -0.134. The first kappa shape index (κ1) is 15.8. The zero-order chi connectivity index (χ0) is 14.4. The van der Waals surface area contributed by atoms with Crippen LogP contribution in [0.4, 0.5) is 4.79 Å². The Morgan fingerprint density at radius 1 is 1.16 bits per heavy atom. The second-order valence-corrected chi connectivity index (χ2v) is 5.38. The molecule has 0 saturated carbocycles. The van der Waals surface area contributed by atoms with Crippen molar-refractivity contribution in [3.05, 3.63) is 0 Å². The van der Waals surface area contributed by atoms with E-state index < -0.39 is 6.04 Å². The molecule has 1 aliphatic rings. The molecule has 0 bridgehead atoms. The maximum absolute atomic E-state index is 12.1. The van der Waals surface area contributed by atoms with Crippen LogP contribution in [-0.2, 0) is 4.79 Å². The molecule has 0 aromatic carbocycles. The molecule has 0 aromatic rings. The Hall–Kier alpha value is -1.30. The molecular weight excluding hydrogens is 244 g/mol. The van der Waals surface area contributed by atoms with Crippen molar-refractivity contribution in [2.24, 2.45) is 11.7 Å². The Balaban J connectivity index is 2.40. The van der Waals surface area contributed by atoms with Gasteiger partial charge in [0.1, 0.15) is 0 Å². The van der Waals surface area contributed by atoms with Crippen LogP contribution in [0, 0.1) is 5.92 Å². The van der Waals surface area contributed by atoms with Crippen LogP contribution >= 0.6 is 0 Å². The predicted octanol–water partition coefficient (Wildman–Crippen LogP) is 0.234. The Kier molecular flexibility index (Phi) is 6.08. The van der Waals surface area contributed by atoms with Gasteiger partial charge in [0, 0.05) is 32.7 Å². The third-order valence-electron chi connectivity index (χ3n) is 3.25. The van der Waals surface area contributed by atoms with Crippen LogP contribution in [0.2, 0.25) is 0 Å². The third-order valence-corrected chi connectivity index (χ3v) is 3.25.